The predicted molar refractivity (Wildman–Crippen MR) is 103 cm³/mol. The number of hydrogen-bond donors (Lipinski definition) is 1. The Morgan fingerprint density at radius 2 is 2.07 bits per heavy atom. The second-order valence-corrected chi connectivity index (χ2v) is 6.89. The smallest absolute Gasteiger partial charge is 0.342 e. The summed E-state index contributed by atoms with van der Waals surface area (Å²) in [5.74, 6) is -0.175. The second kappa shape index (κ2) is 8.75. The monoisotopic (exact) mass is 402 g/mol. The average Bonchev–Trinajstić information content (AvgIpc) is 3.05. The van der Waals surface area contributed by atoms with Crippen LogP contribution in [0.3, 0.4) is 0 Å². The highest BCUT2D eigenvalue weighted by Gasteiger charge is 2.15. The Kier molecular flexibility index (Phi) is 6.16. The zero-order valence-electron chi connectivity index (χ0n) is 14.3. The number of benzene rings is 2. The van der Waals surface area contributed by atoms with Gasteiger partial charge in [-0.15, -0.1) is 10.2 Å². The molecule has 1 aromatic heterocycles. The highest BCUT2D eigenvalue weighted by molar-refractivity contribution is 8.03. The number of nitrogens with zero attached hydrogens (tertiary/aromatic N) is 2. The summed E-state index contributed by atoms with van der Waals surface area (Å²) in [6.07, 6.45) is 1.51. The van der Waals surface area contributed by atoms with Crippen molar-refractivity contribution in [1.29, 1.82) is 0 Å². The number of hydrogen-bond acceptors (Lipinski definition) is 6. The number of aryl methyl sites for hydroxylation is 1. The first kappa shape index (κ1) is 19.0. The first-order valence-electron chi connectivity index (χ1n) is 7.90. The topological polar surface area (TPSA) is 85.5 Å². The van der Waals surface area contributed by atoms with Gasteiger partial charge in [-0.1, -0.05) is 41.9 Å². The van der Waals surface area contributed by atoms with Gasteiger partial charge in [-0.05, 0) is 41.6 Å². The fraction of sp³-hybridized carbons (Fsp3) is 0.105. The molecule has 2 aromatic carbocycles. The molecule has 0 spiro atoms. The molecule has 3 rings (SSSR count). The van der Waals surface area contributed by atoms with Crippen LogP contribution in [0.25, 0.3) is 6.08 Å². The maximum atomic E-state index is 11.6. The molecule has 138 valence electrons. The minimum Gasteiger partial charge on any atom is -0.488 e. The second-order valence-electron chi connectivity index (χ2n) is 5.46. The Hall–Kier alpha value is -2.77. The van der Waals surface area contributed by atoms with E-state index in [1.165, 1.54) is 6.08 Å². The van der Waals surface area contributed by atoms with Crippen LogP contribution in [-0.2, 0) is 11.4 Å². The minimum atomic E-state index is -1.10. The van der Waals surface area contributed by atoms with E-state index in [0.717, 1.165) is 17.3 Å². The van der Waals surface area contributed by atoms with Crippen LogP contribution in [0.5, 0.6) is 5.75 Å². The van der Waals surface area contributed by atoms with Crippen LogP contribution in [0, 0.1) is 6.92 Å². The molecule has 3 aromatic rings. The Balaban J connectivity index is 1.82. The Labute approximate surface area is 164 Å². The van der Waals surface area contributed by atoms with Crippen molar-refractivity contribution >= 4 is 35.4 Å². The summed E-state index contributed by atoms with van der Waals surface area (Å²) in [5, 5.41) is 17.8. The molecular weight excluding hydrogens is 388 g/mol. The molecule has 27 heavy (non-hydrogen) atoms. The SMILES string of the molecule is Cc1nnc(S/C(=C\c2ccccc2OCc2cccc(Cl)c2)C(=O)O)o1. The number of carboxylic acid groups (broad SMARTS) is 1. The molecule has 0 unspecified atom stereocenters. The molecule has 0 saturated carbocycles. The lowest BCUT2D eigenvalue weighted by molar-refractivity contribution is -0.131. The fourth-order valence-electron chi connectivity index (χ4n) is 2.21. The predicted octanol–water partition coefficient (Wildman–Crippen LogP) is 4.83. The molecule has 1 N–H and O–H groups in total. The number of thioether (sulfide) groups is 1. The zero-order chi connectivity index (χ0) is 19.2. The van der Waals surface area contributed by atoms with Gasteiger partial charge in [-0.2, -0.15) is 0 Å². The van der Waals surface area contributed by atoms with E-state index in [9.17, 15) is 9.90 Å². The van der Waals surface area contributed by atoms with Gasteiger partial charge in [0.05, 0.1) is 0 Å². The van der Waals surface area contributed by atoms with Gasteiger partial charge in [0, 0.05) is 17.5 Å². The maximum absolute atomic E-state index is 11.6. The largest absolute Gasteiger partial charge is 0.488 e. The number of ether oxygens (including phenoxy) is 1. The van der Waals surface area contributed by atoms with Gasteiger partial charge in [0.1, 0.15) is 17.3 Å². The van der Waals surface area contributed by atoms with E-state index in [-0.39, 0.29) is 10.1 Å². The number of para-hydroxylation sites is 1. The molecule has 0 aliphatic rings. The van der Waals surface area contributed by atoms with Crippen molar-refractivity contribution in [3.05, 3.63) is 75.5 Å². The Bertz CT molecular complexity index is 987. The lowest BCUT2D eigenvalue weighted by atomic mass is 10.2. The van der Waals surface area contributed by atoms with E-state index in [1.54, 1.807) is 31.2 Å². The molecule has 0 aliphatic heterocycles. The first-order valence-corrected chi connectivity index (χ1v) is 9.10. The number of halogens is 1. The van der Waals surface area contributed by atoms with Crippen LogP contribution in [-0.4, -0.2) is 21.3 Å². The quantitative estimate of drug-likeness (QED) is 0.447. The van der Waals surface area contributed by atoms with Crippen LogP contribution in [0.1, 0.15) is 17.0 Å². The van der Waals surface area contributed by atoms with Gasteiger partial charge in [-0.3, -0.25) is 0 Å². The molecule has 0 atom stereocenters. The average molecular weight is 403 g/mol. The third kappa shape index (κ3) is 5.35. The van der Waals surface area contributed by atoms with Gasteiger partial charge in [0.2, 0.25) is 5.89 Å². The molecule has 8 heteroatoms. The maximum Gasteiger partial charge on any atom is 0.342 e. The van der Waals surface area contributed by atoms with Crippen LogP contribution in [0.15, 0.2) is 63.1 Å². The van der Waals surface area contributed by atoms with Crippen molar-refractivity contribution in [1.82, 2.24) is 10.2 Å². The third-order valence-corrected chi connectivity index (χ3v) is 4.49. The van der Waals surface area contributed by atoms with Crippen molar-refractivity contribution in [2.45, 2.75) is 18.8 Å². The molecule has 0 radical (unpaired) electrons. The standard InChI is InChI=1S/C19H15ClN2O4S/c1-12-21-22-19(26-12)27-17(18(23)24)10-14-6-2-3-8-16(14)25-11-13-5-4-7-15(20)9-13/h2-10H,11H2,1H3,(H,23,24)/b17-10-. The summed E-state index contributed by atoms with van der Waals surface area (Å²) in [6.45, 7) is 1.95. The molecule has 0 saturated heterocycles. The Morgan fingerprint density at radius 1 is 1.26 bits per heavy atom. The van der Waals surface area contributed by atoms with Crippen molar-refractivity contribution in [2.75, 3.05) is 0 Å². The van der Waals surface area contributed by atoms with Crippen molar-refractivity contribution < 1.29 is 19.1 Å². The zero-order valence-corrected chi connectivity index (χ0v) is 15.8. The first-order chi connectivity index (χ1) is 13.0. The van der Waals surface area contributed by atoms with E-state index >= 15 is 0 Å². The summed E-state index contributed by atoms with van der Waals surface area (Å²) in [6, 6.07) is 14.5. The van der Waals surface area contributed by atoms with Gasteiger partial charge in [0.25, 0.3) is 5.22 Å². The van der Waals surface area contributed by atoms with Crippen molar-refractivity contribution in [3.63, 3.8) is 0 Å². The van der Waals surface area contributed by atoms with Crippen LogP contribution in [0.4, 0.5) is 0 Å². The number of aromatic nitrogens is 2. The minimum absolute atomic E-state index is 0.0393. The number of carbonyl (C=O) groups is 1. The molecular formula is C19H15ClN2O4S. The summed E-state index contributed by atoms with van der Waals surface area (Å²) in [5.41, 5.74) is 1.54. The Morgan fingerprint density at radius 3 is 2.78 bits per heavy atom. The van der Waals surface area contributed by atoms with Gasteiger partial charge in [0.15, 0.2) is 0 Å². The van der Waals surface area contributed by atoms with E-state index in [2.05, 4.69) is 10.2 Å². The van der Waals surface area contributed by atoms with E-state index < -0.39 is 5.97 Å². The van der Waals surface area contributed by atoms with E-state index in [0.29, 0.717) is 28.8 Å². The molecule has 6 nitrogen and oxygen atoms in total. The number of rotatable bonds is 7. The normalized spacial score (nSPS) is 11.4. The lowest BCUT2D eigenvalue weighted by Gasteiger charge is -2.10. The van der Waals surface area contributed by atoms with Crippen LogP contribution in [0.2, 0.25) is 5.02 Å². The number of carboxylic acids is 1. The molecule has 0 aliphatic carbocycles. The highest BCUT2D eigenvalue weighted by Crippen LogP contribution is 2.30. The van der Waals surface area contributed by atoms with E-state index in [4.69, 9.17) is 20.8 Å². The van der Waals surface area contributed by atoms with Crippen molar-refractivity contribution in [2.24, 2.45) is 0 Å². The van der Waals surface area contributed by atoms with Gasteiger partial charge >= 0.3 is 5.97 Å². The molecule has 0 amide bonds. The van der Waals surface area contributed by atoms with Gasteiger partial charge in [-0.25, -0.2) is 4.79 Å². The molecule has 1 heterocycles. The highest BCUT2D eigenvalue weighted by atomic mass is 35.5. The lowest BCUT2D eigenvalue weighted by Crippen LogP contribution is -1.99. The van der Waals surface area contributed by atoms with Crippen LogP contribution < -0.4 is 4.74 Å². The summed E-state index contributed by atoms with van der Waals surface area (Å²) >= 11 is 6.87. The number of aliphatic carboxylic acids is 1. The van der Waals surface area contributed by atoms with Crippen LogP contribution >= 0.6 is 23.4 Å². The molecule has 0 bridgehead atoms. The molecule has 0 fully saturated rings. The fourth-order valence-corrected chi connectivity index (χ4v) is 3.13. The summed E-state index contributed by atoms with van der Waals surface area (Å²) < 4.78 is 11.1. The van der Waals surface area contributed by atoms with Crippen molar-refractivity contribution in [3.8, 4) is 5.75 Å². The van der Waals surface area contributed by atoms with Gasteiger partial charge < -0.3 is 14.3 Å². The summed E-state index contributed by atoms with van der Waals surface area (Å²) in [4.78, 5) is 11.6. The summed E-state index contributed by atoms with van der Waals surface area (Å²) in [7, 11) is 0. The third-order valence-electron chi connectivity index (χ3n) is 3.40. The van der Waals surface area contributed by atoms with E-state index in [1.807, 2.05) is 24.3 Å².